The van der Waals surface area contributed by atoms with Crippen LogP contribution in [0.5, 0.6) is 0 Å². The number of allylic oxidation sites excluding steroid dienone is 10. The predicted molar refractivity (Wildman–Crippen MR) is 240 cm³/mol. The second-order valence-electron chi connectivity index (χ2n) is 16.6. The van der Waals surface area contributed by atoms with Crippen molar-refractivity contribution in [1.82, 2.24) is 0 Å². The molecule has 2 unspecified atom stereocenters. The van der Waals surface area contributed by atoms with E-state index in [1.54, 1.807) is 21.1 Å². The van der Waals surface area contributed by atoms with Gasteiger partial charge in [-0.3, -0.25) is 9.59 Å². The number of ether oxygens (including phenoxy) is 3. The van der Waals surface area contributed by atoms with Crippen molar-refractivity contribution in [3.05, 3.63) is 60.8 Å². The maximum Gasteiger partial charge on any atom is 0.306 e. The molecule has 0 aliphatic carbocycles. The van der Waals surface area contributed by atoms with Crippen molar-refractivity contribution in [1.29, 1.82) is 0 Å². The van der Waals surface area contributed by atoms with E-state index in [1.807, 2.05) is 12.2 Å². The first-order chi connectivity index (χ1) is 28.1. The lowest BCUT2D eigenvalue weighted by molar-refractivity contribution is -0.889. The Morgan fingerprint density at radius 3 is 1.50 bits per heavy atom. The van der Waals surface area contributed by atoms with E-state index in [4.69, 9.17) is 14.2 Å². The molecule has 0 aliphatic heterocycles. The molecule has 0 saturated carbocycles. The number of carbonyl (C=O) groups is 3. The maximum atomic E-state index is 12.7. The van der Waals surface area contributed by atoms with Gasteiger partial charge in [-0.15, -0.1) is 0 Å². The van der Waals surface area contributed by atoms with Gasteiger partial charge in [0, 0.05) is 19.3 Å². The van der Waals surface area contributed by atoms with Crippen LogP contribution in [0.1, 0.15) is 187 Å². The minimum Gasteiger partial charge on any atom is -0.544 e. The van der Waals surface area contributed by atoms with E-state index in [0.717, 1.165) is 44.9 Å². The van der Waals surface area contributed by atoms with Crippen LogP contribution >= 0.6 is 0 Å². The lowest BCUT2D eigenvalue weighted by Gasteiger charge is -2.34. The molecule has 8 nitrogen and oxygen atoms in total. The molecular weight excluding hydrogens is 727 g/mol. The summed E-state index contributed by atoms with van der Waals surface area (Å²) in [5.74, 6) is -1.84. The summed E-state index contributed by atoms with van der Waals surface area (Å²) in [6, 6.07) is -0.739. The van der Waals surface area contributed by atoms with Gasteiger partial charge in [-0.25, -0.2) is 0 Å². The summed E-state index contributed by atoms with van der Waals surface area (Å²) in [7, 11) is 5.38. The highest BCUT2D eigenvalue weighted by Crippen LogP contribution is 2.14. The average molecular weight is 814 g/mol. The Bertz CT molecular complexity index is 1130. The largest absolute Gasteiger partial charge is 0.544 e. The van der Waals surface area contributed by atoms with Gasteiger partial charge in [-0.05, 0) is 64.2 Å². The van der Waals surface area contributed by atoms with Gasteiger partial charge >= 0.3 is 11.9 Å². The predicted octanol–water partition coefficient (Wildman–Crippen LogP) is 11.6. The Kier molecular flexibility index (Phi) is 38.7. The third-order valence-electron chi connectivity index (χ3n) is 10.2. The molecule has 0 aliphatic rings. The third kappa shape index (κ3) is 38.5. The van der Waals surface area contributed by atoms with Crippen LogP contribution in [0, 0.1) is 0 Å². The number of carboxylic acid groups (broad SMARTS) is 1. The Balaban J connectivity index is 4.31. The van der Waals surface area contributed by atoms with Crippen LogP contribution in [0.4, 0.5) is 0 Å². The molecule has 2 atom stereocenters. The fourth-order valence-corrected chi connectivity index (χ4v) is 6.55. The number of carbonyl (C=O) groups excluding carboxylic acids is 3. The molecule has 334 valence electrons. The van der Waals surface area contributed by atoms with Crippen LogP contribution < -0.4 is 5.11 Å². The lowest BCUT2D eigenvalue weighted by Crippen LogP contribution is -2.55. The molecule has 0 heterocycles. The lowest BCUT2D eigenvalue weighted by atomic mass is 10.1. The SMILES string of the molecule is CC/C=C\C/C=C\C/C=C\C/C=C\CCC(=O)OC(COCCC(C(=O)[O-])[N+](C)(C)C)COC(=O)CCCCCCCCCCC/C=C\CCCCCCCCCC. The molecule has 8 heteroatoms. The van der Waals surface area contributed by atoms with Crippen molar-refractivity contribution in [3.8, 4) is 0 Å². The van der Waals surface area contributed by atoms with Crippen molar-refractivity contribution >= 4 is 17.9 Å². The van der Waals surface area contributed by atoms with Crippen LogP contribution in [-0.4, -0.2) is 75.5 Å². The van der Waals surface area contributed by atoms with Crippen molar-refractivity contribution in [2.45, 2.75) is 199 Å². The van der Waals surface area contributed by atoms with Crippen LogP contribution in [-0.2, 0) is 28.6 Å². The van der Waals surface area contributed by atoms with E-state index in [0.29, 0.717) is 12.8 Å². The molecule has 0 aromatic carbocycles. The van der Waals surface area contributed by atoms with Crippen LogP contribution in [0.2, 0.25) is 0 Å². The van der Waals surface area contributed by atoms with Crippen LogP contribution in [0.15, 0.2) is 60.8 Å². The molecule has 0 spiro atoms. The third-order valence-corrected chi connectivity index (χ3v) is 10.2. The summed E-state index contributed by atoms with van der Waals surface area (Å²) < 4.78 is 17.1. The Labute approximate surface area is 356 Å². The Morgan fingerprint density at radius 1 is 0.534 bits per heavy atom. The first kappa shape index (κ1) is 55.0. The molecule has 0 radical (unpaired) electrons. The number of unbranched alkanes of at least 4 members (excludes halogenated alkanes) is 17. The molecule has 0 saturated heterocycles. The number of carboxylic acids is 1. The normalized spacial score (nSPS) is 13.5. The van der Waals surface area contributed by atoms with Gasteiger partial charge in [0.15, 0.2) is 6.10 Å². The van der Waals surface area contributed by atoms with Gasteiger partial charge in [0.2, 0.25) is 0 Å². The fraction of sp³-hybridized carbons (Fsp3) is 0.740. The summed E-state index contributed by atoms with van der Waals surface area (Å²) >= 11 is 0. The van der Waals surface area contributed by atoms with Gasteiger partial charge in [0.25, 0.3) is 0 Å². The molecule has 58 heavy (non-hydrogen) atoms. The van der Waals surface area contributed by atoms with Gasteiger partial charge in [-0.1, -0.05) is 164 Å². The second kappa shape index (κ2) is 40.8. The zero-order valence-corrected chi connectivity index (χ0v) is 37.9. The van der Waals surface area contributed by atoms with Gasteiger partial charge < -0.3 is 28.6 Å². The minimum atomic E-state index is -1.14. The zero-order valence-electron chi connectivity index (χ0n) is 37.9. The highest BCUT2D eigenvalue weighted by Gasteiger charge is 2.25. The second-order valence-corrected chi connectivity index (χ2v) is 16.6. The molecular formula is C50H87NO7. The Hall–Kier alpha value is -2.97. The smallest absolute Gasteiger partial charge is 0.306 e. The number of esters is 2. The van der Waals surface area contributed by atoms with Gasteiger partial charge in [0.1, 0.15) is 12.6 Å². The number of nitrogens with zero attached hydrogens (tertiary/aromatic N) is 1. The summed E-state index contributed by atoms with van der Waals surface area (Å²) in [6.07, 6.45) is 49.9. The maximum absolute atomic E-state index is 12.7. The number of hydrogen-bond acceptors (Lipinski definition) is 7. The van der Waals surface area contributed by atoms with E-state index in [-0.39, 0.29) is 43.1 Å². The summed E-state index contributed by atoms with van der Waals surface area (Å²) in [6.45, 7) is 4.46. The number of rotatable bonds is 41. The van der Waals surface area contributed by atoms with E-state index < -0.39 is 24.1 Å². The summed E-state index contributed by atoms with van der Waals surface area (Å²) in [5, 5.41) is 11.6. The highest BCUT2D eigenvalue weighted by molar-refractivity contribution is 5.70. The zero-order chi connectivity index (χ0) is 42.8. The monoisotopic (exact) mass is 814 g/mol. The Morgan fingerprint density at radius 2 is 1.00 bits per heavy atom. The van der Waals surface area contributed by atoms with Crippen molar-refractivity contribution in [2.24, 2.45) is 0 Å². The van der Waals surface area contributed by atoms with Crippen LogP contribution in [0.25, 0.3) is 0 Å². The van der Waals surface area contributed by atoms with Crippen molar-refractivity contribution < 1.29 is 38.2 Å². The molecule has 0 rings (SSSR count). The van der Waals surface area contributed by atoms with E-state index in [2.05, 4.69) is 62.5 Å². The average Bonchev–Trinajstić information content (AvgIpc) is 3.18. The molecule has 0 aromatic rings. The molecule has 0 fully saturated rings. The highest BCUT2D eigenvalue weighted by atomic mass is 16.6. The van der Waals surface area contributed by atoms with E-state index >= 15 is 0 Å². The molecule has 0 amide bonds. The first-order valence-electron chi connectivity index (χ1n) is 23.3. The molecule has 0 bridgehead atoms. The first-order valence-corrected chi connectivity index (χ1v) is 23.3. The van der Waals surface area contributed by atoms with Crippen LogP contribution in [0.3, 0.4) is 0 Å². The van der Waals surface area contributed by atoms with E-state index in [1.165, 1.54) is 103 Å². The standard InChI is InChI=1S/C50H87NO7/c1-6-8-10-12-14-16-18-20-21-22-23-24-25-26-27-29-30-32-34-36-38-40-48(52)57-45-46(44-56-43-42-47(50(54)55)51(3,4)5)58-49(53)41-39-37-35-33-31-28-19-17-15-13-11-9-7-2/h9,11,15,17,22-23,28,31,35,37,46-47H,6-8,10,12-14,16,18-21,24-27,29-30,32-34,36,38-45H2,1-5H3/b11-9-,17-15-,23-22-,31-28-,37-35-. The minimum absolute atomic E-state index is 0.00988. The number of hydrogen-bond donors (Lipinski definition) is 0. The van der Waals surface area contributed by atoms with Crippen molar-refractivity contribution in [2.75, 3.05) is 41.0 Å². The topological polar surface area (TPSA) is 102 Å². The summed E-state index contributed by atoms with van der Waals surface area (Å²) in [4.78, 5) is 36.8. The van der Waals surface area contributed by atoms with E-state index in [9.17, 15) is 19.5 Å². The number of quaternary nitrogens is 1. The van der Waals surface area contributed by atoms with Gasteiger partial charge in [0.05, 0.1) is 40.3 Å². The van der Waals surface area contributed by atoms with Gasteiger partial charge in [-0.2, -0.15) is 0 Å². The summed E-state index contributed by atoms with van der Waals surface area (Å²) in [5.41, 5.74) is 0. The number of aliphatic carboxylic acids is 1. The fourth-order valence-electron chi connectivity index (χ4n) is 6.55. The molecule has 0 N–H and O–H groups in total. The van der Waals surface area contributed by atoms with Crippen molar-refractivity contribution in [3.63, 3.8) is 0 Å². The molecule has 0 aromatic heterocycles. The number of likely N-dealkylation sites (N-methyl/N-ethyl adjacent to an activating group) is 1. The quantitative estimate of drug-likeness (QED) is 0.0262.